The summed E-state index contributed by atoms with van der Waals surface area (Å²) in [5.74, 6) is -10.9. The molecule has 0 heterocycles. The topological polar surface area (TPSA) is 339 Å². The van der Waals surface area contributed by atoms with E-state index in [0.29, 0.717) is 0 Å². The third-order valence-corrected chi connectivity index (χ3v) is 2.60. The van der Waals surface area contributed by atoms with E-state index in [4.69, 9.17) is 15.3 Å². The van der Waals surface area contributed by atoms with E-state index < -0.39 is 112 Å². The van der Waals surface area contributed by atoms with Gasteiger partial charge in [-0.2, -0.15) is 14.7 Å². The first-order valence-corrected chi connectivity index (χ1v) is 9.78. The van der Waals surface area contributed by atoms with Gasteiger partial charge in [0.2, 0.25) is 0 Å². The maximum Gasteiger partial charge on any atom is 1.00 e. The molecule has 0 atom stereocenters. The third-order valence-electron chi connectivity index (χ3n) is 2.60. The molecule has 0 rings (SSSR count). The van der Waals surface area contributed by atoms with Gasteiger partial charge in [0.25, 0.3) is 0 Å². The summed E-state index contributed by atoms with van der Waals surface area (Å²) in [5, 5.41) is 53.6. The van der Waals surface area contributed by atoms with Crippen LogP contribution in [0, 0.1) is 0 Å². The second-order valence-corrected chi connectivity index (χ2v) is 5.95. The summed E-state index contributed by atoms with van der Waals surface area (Å²) in [5.41, 5.74) is 0. The fourth-order valence-electron chi connectivity index (χ4n) is 1.17. The van der Waals surface area contributed by atoms with E-state index in [2.05, 4.69) is 29.3 Å². The first-order chi connectivity index (χ1) is 18.1. The average Bonchev–Trinajstić information content (AvgIpc) is 2.80. The second-order valence-electron chi connectivity index (χ2n) is 5.95. The molecule has 3 N–H and O–H groups in total. The van der Waals surface area contributed by atoms with E-state index in [-0.39, 0.29) is 88.7 Å². The molecule has 0 radical (unpaired) electrons. The van der Waals surface area contributed by atoms with E-state index in [1.807, 2.05) is 0 Å². The van der Waals surface area contributed by atoms with Gasteiger partial charge in [0.05, 0.1) is 19.3 Å². The van der Waals surface area contributed by atoms with Gasteiger partial charge in [-0.05, 0) is 19.3 Å². The molecule has 0 unspecified atom stereocenters. The summed E-state index contributed by atoms with van der Waals surface area (Å²) in [6, 6.07) is 0. The van der Waals surface area contributed by atoms with E-state index in [1.54, 1.807) is 0 Å². The molecule has 0 saturated heterocycles. The second kappa shape index (κ2) is 35.3. The number of aliphatic carboxylic acids is 6. The van der Waals surface area contributed by atoms with Crippen molar-refractivity contribution in [2.24, 2.45) is 0 Å². The maximum absolute atomic E-state index is 10.5. The zero-order valence-corrected chi connectivity index (χ0v) is 28.6. The Hall–Kier alpha value is -1.89. The minimum Gasteiger partial charge on any atom is -0.550 e. The summed E-state index contributed by atoms with van der Waals surface area (Å²) >= 11 is 0. The molecule has 0 amide bonds. The third kappa shape index (κ3) is 54.2. The smallest absolute Gasteiger partial charge is 0.550 e. The van der Waals surface area contributed by atoms with Crippen LogP contribution in [0.25, 0.3) is 0 Å². The van der Waals surface area contributed by atoms with Gasteiger partial charge in [-0.25, -0.2) is 28.8 Å². The predicted molar refractivity (Wildman–Crippen MR) is 102 cm³/mol. The van der Waals surface area contributed by atoms with Crippen molar-refractivity contribution in [1.29, 1.82) is 0 Å². The van der Waals surface area contributed by atoms with Crippen LogP contribution in [-0.2, 0) is 72.5 Å². The van der Waals surface area contributed by atoms with Gasteiger partial charge in [0.1, 0.15) is 0 Å². The Kier molecular flexibility index (Phi) is 44.3. The first-order valence-electron chi connectivity index (χ1n) is 9.78. The number of carboxylic acid groups (broad SMARTS) is 6. The Balaban J connectivity index is -0.000000112. The van der Waals surface area contributed by atoms with Crippen molar-refractivity contribution in [1.82, 2.24) is 0 Å². The SMILES string of the molecule is O=C([O-])CCC(=O)OOCC(=O)O.O=C([O-])CCC(=O)OOCC(=O)O.O=C([O-])CCC(=O)OOCC(=O)O.[Na+].[Na+].[Na+]. The van der Waals surface area contributed by atoms with Gasteiger partial charge in [-0.1, -0.05) is 0 Å². The summed E-state index contributed by atoms with van der Waals surface area (Å²) in [6.45, 7) is -2.34. The Morgan fingerprint density at radius 1 is 0.405 bits per heavy atom. The fourth-order valence-corrected chi connectivity index (χ4v) is 1.17. The van der Waals surface area contributed by atoms with Crippen molar-refractivity contribution in [2.75, 3.05) is 19.8 Å². The Morgan fingerprint density at radius 3 is 0.738 bits per heavy atom. The normalized spacial score (nSPS) is 8.57. The van der Waals surface area contributed by atoms with Crippen molar-refractivity contribution in [3.05, 3.63) is 0 Å². The largest absolute Gasteiger partial charge is 1.00 e. The van der Waals surface area contributed by atoms with E-state index in [9.17, 15) is 58.5 Å². The molecule has 21 nitrogen and oxygen atoms in total. The van der Waals surface area contributed by atoms with Crippen LogP contribution in [-0.4, -0.2) is 88.9 Å². The molecule has 0 saturated carbocycles. The number of hydrogen-bond donors (Lipinski definition) is 3. The van der Waals surface area contributed by atoms with Crippen LogP contribution in [0.3, 0.4) is 0 Å². The molecule has 0 aliphatic carbocycles. The van der Waals surface area contributed by atoms with Gasteiger partial charge in [-0.3, -0.25) is 14.7 Å². The van der Waals surface area contributed by atoms with Gasteiger partial charge < -0.3 is 45.0 Å². The van der Waals surface area contributed by atoms with Crippen LogP contribution in [0.1, 0.15) is 38.5 Å². The van der Waals surface area contributed by atoms with Crippen molar-refractivity contribution < 1.29 is 192 Å². The molecular weight excluding hydrogens is 621 g/mol. The molecule has 222 valence electrons. The minimum atomic E-state index is -1.39. The molecule has 42 heavy (non-hydrogen) atoms. The summed E-state index contributed by atoms with van der Waals surface area (Å²) < 4.78 is 0. The summed E-state index contributed by atoms with van der Waals surface area (Å²) in [6.07, 6.45) is -2.72. The molecule has 0 aliphatic heterocycles. The quantitative estimate of drug-likeness (QED) is 0.0709. The van der Waals surface area contributed by atoms with Crippen LogP contribution in [0.4, 0.5) is 0 Å². The van der Waals surface area contributed by atoms with Crippen LogP contribution in [0.2, 0.25) is 0 Å². The van der Waals surface area contributed by atoms with E-state index in [1.165, 1.54) is 0 Å². The molecular formula is C18H21Na3O21. The Morgan fingerprint density at radius 2 is 0.595 bits per heavy atom. The zero-order valence-electron chi connectivity index (χ0n) is 22.6. The number of hydrogen-bond acceptors (Lipinski definition) is 18. The zero-order chi connectivity index (χ0) is 30.8. The molecule has 0 fully saturated rings. The Bertz CT molecular complexity index is 752. The molecule has 0 aromatic rings. The molecule has 0 aromatic carbocycles. The summed E-state index contributed by atoms with van der Waals surface area (Å²) in [4.78, 5) is 114. The fraction of sp³-hybridized carbons (Fsp3) is 0.500. The molecule has 0 spiro atoms. The van der Waals surface area contributed by atoms with Gasteiger partial charge in [0, 0.05) is 17.9 Å². The molecule has 0 bridgehead atoms. The van der Waals surface area contributed by atoms with Crippen molar-refractivity contribution in [3.63, 3.8) is 0 Å². The minimum absolute atomic E-state index is 0. The standard InChI is InChI=1S/3C6H8O7.3Na/c3*7-4(8)1-2-6(11)13-12-3-5(9)10;;;/h3*1-3H2,(H,7,8)(H,9,10);;;/q;;;3*+1/p-3. The van der Waals surface area contributed by atoms with Crippen LogP contribution >= 0.6 is 0 Å². The molecule has 24 heteroatoms. The predicted octanol–water partition coefficient (Wildman–Crippen LogP) is -14.8. The molecule has 0 aliphatic rings. The average molecular weight is 642 g/mol. The maximum atomic E-state index is 10.5. The van der Waals surface area contributed by atoms with Crippen molar-refractivity contribution in [3.8, 4) is 0 Å². The number of carbonyl (C=O) groups excluding carboxylic acids is 6. The molecule has 0 aromatic heterocycles. The van der Waals surface area contributed by atoms with Gasteiger partial charge in [0.15, 0.2) is 19.8 Å². The monoisotopic (exact) mass is 642 g/mol. The number of carboxylic acids is 6. The number of rotatable bonds is 18. The van der Waals surface area contributed by atoms with E-state index in [0.717, 1.165) is 0 Å². The van der Waals surface area contributed by atoms with Crippen molar-refractivity contribution in [2.45, 2.75) is 38.5 Å². The van der Waals surface area contributed by atoms with E-state index >= 15 is 0 Å². The number of carbonyl (C=O) groups is 9. The van der Waals surface area contributed by atoms with Crippen LogP contribution in [0.15, 0.2) is 0 Å². The van der Waals surface area contributed by atoms with Gasteiger partial charge in [-0.15, -0.1) is 0 Å². The summed E-state index contributed by atoms with van der Waals surface area (Å²) in [7, 11) is 0. The van der Waals surface area contributed by atoms with Gasteiger partial charge >= 0.3 is 124 Å². The Labute approximate surface area is 301 Å². The van der Waals surface area contributed by atoms with Crippen LogP contribution in [0.5, 0.6) is 0 Å². The first kappa shape index (κ1) is 52.7. The van der Waals surface area contributed by atoms with Crippen LogP contribution < -0.4 is 104 Å². The van der Waals surface area contributed by atoms with Crippen molar-refractivity contribution >= 4 is 53.7 Å².